The van der Waals surface area contributed by atoms with Crippen molar-refractivity contribution in [2.24, 2.45) is 5.73 Å². The molecule has 0 radical (unpaired) electrons. The normalized spacial score (nSPS) is 18.4. The molecule has 0 aliphatic carbocycles. The molecule has 1 aliphatic rings. The molecule has 0 atom stereocenters. The first-order valence-electron chi connectivity index (χ1n) is 4.83. The van der Waals surface area contributed by atoms with Crippen molar-refractivity contribution in [3.05, 3.63) is 0 Å². The van der Waals surface area contributed by atoms with Crippen LogP contribution in [0, 0.1) is 0 Å². The lowest BCUT2D eigenvalue weighted by Gasteiger charge is -2.17. The number of hydrogen-bond acceptors (Lipinski definition) is 4. The average molecular weight is 213 g/mol. The summed E-state index contributed by atoms with van der Waals surface area (Å²) >= 11 is 0. The lowest BCUT2D eigenvalue weighted by atomic mass is 10.3. The molecule has 2 N–H and O–H groups in total. The first-order chi connectivity index (χ1) is 7.06. The van der Waals surface area contributed by atoms with Crippen molar-refractivity contribution < 1.29 is 14.4 Å². The molecule has 0 saturated carbocycles. The Balaban J connectivity index is 2.73. The molecule has 0 unspecified atom stereocenters. The van der Waals surface area contributed by atoms with Gasteiger partial charge in [-0.1, -0.05) is 0 Å². The van der Waals surface area contributed by atoms with Crippen LogP contribution in [0.25, 0.3) is 0 Å². The second-order valence-electron chi connectivity index (χ2n) is 3.51. The minimum Gasteiger partial charge on any atom is -0.336 e. The molecule has 6 nitrogen and oxygen atoms in total. The highest BCUT2D eigenvalue weighted by atomic mass is 16.2. The summed E-state index contributed by atoms with van der Waals surface area (Å²) in [6, 6.07) is 0. The Hall–Kier alpha value is -1.43. The lowest BCUT2D eigenvalue weighted by molar-refractivity contribution is -0.143. The molecule has 1 saturated heterocycles. The first-order valence-corrected chi connectivity index (χ1v) is 4.83. The van der Waals surface area contributed by atoms with E-state index in [0.717, 1.165) is 4.90 Å². The van der Waals surface area contributed by atoms with Crippen molar-refractivity contribution in [1.29, 1.82) is 0 Å². The molecule has 0 aromatic heterocycles. The molecular formula is C9H15N3O3. The van der Waals surface area contributed by atoms with Crippen LogP contribution in [0.2, 0.25) is 0 Å². The van der Waals surface area contributed by atoms with Crippen LogP contribution in [0.4, 0.5) is 0 Å². The van der Waals surface area contributed by atoms with Crippen LogP contribution < -0.4 is 5.73 Å². The first kappa shape index (κ1) is 11.6. The Kier molecular flexibility index (Phi) is 3.79. The third kappa shape index (κ3) is 2.76. The van der Waals surface area contributed by atoms with Crippen LogP contribution in [0.5, 0.6) is 0 Å². The van der Waals surface area contributed by atoms with Gasteiger partial charge in [0.25, 0.3) is 0 Å². The summed E-state index contributed by atoms with van der Waals surface area (Å²) in [5.41, 5.74) is 5.30. The Morgan fingerprint density at radius 1 is 1.20 bits per heavy atom. The van der Waals surface area contributed by atoms with Gasteiger partial charge < -0.3 is 10.6 Å². The van der Waals surface area contributed by atoms with Gasteiger partial charge >= 0.3 is 0 Å². The minimum atomic E-state index is -0.428. The second-order valence-corrected chi connectivity index (χ2v) is 3.51. The van der Waals surface area contributed by atoms with Gasteiger partial charge in [-0.3, -0.25) is 19.3 Å². The van der Waals surface area contributed by atoms with Crippen LogP contribution in [0.3, 0.4) is 0 Å². The van der Waals surface area contributed by atoms with Gasteiger partial charge in [-0.05, 0) is 13.0 Å². The summed E-state index contributed by atoms with van der Waals surface area (Å²) < 4.78 is 0. The van der Waals surface area contributed by atoms with E-state index in [1.165, 1.54) is 11.9 Å². The minimum absolute atomic E-state index is 0.0326. The van der Waals surface area contributed by atoms with Gasteiger partial charge in [0.1, 0.15) is 6.42 Å². The van der Waals surface area contributed by atoms with Crippen LogP contribution in [-0.2, 0) is 14.4 Å². The Labute approximate surface area is 88.0 Å². The molecule has 1 aliphatic heterocycles. The van der Waals surface area contributed by atoms with Gasteiger partial charge in [-0.2, -0.15) is 0 Å². The zero-order chi connectivity index (χ0) is 11.4. The van der Waals surface area contributed by atoms with Gasteiger partial charge in [0.15, 0.2) is 0 Å². The molecule has 6 heteroatoms. The Morgan fingerprint density at radius 2 is 1.87 bits per heavy atom. The zero-order valence-corrected chi connectivity index (χ0v) is 8.73. The van der Waals surface area contributed by atoms with E-state index in [9.17, 15) is 14.4 Å². The monoisotopic (exact) mass is 213 g/mol. The third-order valence-corrected chi connectivity index (χ3v) is 2.29. The average Bonchev–Trinajstić information content (AvgIpc) is 2.25. The standard InChI is InChI=1S/C9H15N3O3/c1-11-6-9(15)12(4-2-3-10)8(14)5-7(11)13/h2-6,10H2,1H3. The summed E-state index contributed by atoms with van der Waals surface area (Å²) in [7, 11) is 1.51. The highest BCUT2D eigenvalue weighted by Gasteiger charge is 2.29. The number of imide groups is 1. The largest absolute Gasteiger partial charge is 0.336 e. The number of likely N-dealkylation sites (N-methyl/N-ethyl adjacent to an activating group) is 1. The number of carbonyl (C=O) groups is 3. The summed E-state index contributed by atoms with van der Waals surface area (Å²) in [6.45, 7) is 0.686. The Morgan fingerprint density at radius 3 is 2.47 bits per heavy atom. The van der Waals surface area contributed by atoms with Crippen molar-refractivity contribution in [3.63, 3.8) is 0 Å². The molecule has 1 fully saturated rings. The molecule has 1 heterocycles. The summed E-state index contributed by atoms with van der Waals surface area (Å²) in [6.07, 6.45) is 0.336. The number of rotatable bonds is 3. The lowest BCUT2D eigenvalue weighted by Crippen LogP contribution is -2.39. The second kappa shape index (κ2) is 4.88. The van der Waals surface area contributed by atoms with E-state index < -0.39 is 5.91 Å². The highest BCUT2D eigenvalue weighted by molar-refractivity contribution is 6.07. The van der Waals surface area contributed by atoms with Crippen molar-refractivity contribution in [1.82, 2.24) is 9.80 Å². The predicted octanol–water partition coefficient (Wildman–Crippen LogP) is -1.45. The summed E-state index contributed by atoms with van der Waals surface area (Å²) in [4.78, 5) is 36.7. The zero-order valence-electron chi connectivity index (χ0n) is 8.73. The number of nitrogens with zero attached hydrogens (tertiary/aromatic N) is 2. The van der Waals surface area contributed by atoms with Crippen molar-refractivity contribution >= 4 is 17.7 Å². The number of hydrogen-bond donors (Lipinski definition) is 1. The maximum absolute atomic E-state index is 11.6. The van der Waals surface area contributed by atoms with Crippen molar-refractivity contribution in [3.8, 4) is 0 Å². The topological polar surface area (TPSA) is 83.7 Å². The molecular weight excluding hydrogens is 198 g/mol. The van der Waals surface area contributed by atoms with Gasteiger partial charge in [-0.15, -0.1) is 0 Å². The molecule has 0 aromatic rings. The third-order valence-electron chi connectivity index (χ3n) is 2.29. The van der Waals surface area contributed by atoms with E-state index in [1.807, 2.05) is 0 Å². The highest BCUT2D eigenvalue weighted by Crippen LogP contribution is 2.06. The molecule has 0 spiro atoms. The number of carbonyl (C=O) groups excluding carboxylic acids is 3. The molecule has 0 bridgehead atoms. The molecule has 1 rings (SSSR count). The van der Waals surface area contributed by atoms with Crippen molar-refractivity contribution in [2.45, 2.75) is 12.8 Å². The molecule has 0 aromatic carbocycles. The fraction of sp³-hybridized carbons (Fsp3) is 0.667. The summed E-state index contributed by atoms with van der Waals surface area (Å²) in [5.74, 6) is -1.08. The van der Waals surface area contributed by atoms with Gasteiger partial charge in [0.2, 0.25) is 17.7 Å². The van der Waals surface area contributed by atoms with Crippen LogP contribution in [0.15, 0.2) is 0 Å². The quantitative estimate of drug-likeness (QED) is 0.459. The van der Waals surface area contributed by atoms with E-state index in [0.29, 0.717) is 19.5 Å². The predicted molar refractivity (Wildman–Crippen MR) is 52.6 cm³/mol. The maximum Gasteiger partial charge on any atom is 0.248 e. The van der Waals surface area contributed by atoms with Crippen LogP contribution >= 0.6 is 0 Å². The fourth-order valence-electron chi connectivity index (χ4n) is 1.37. The summed E-state index contributed by atoms with van der Waals surface area (Å²) in [5, 5.41) is 0. The molecule has 15 heavy (non-hydrogen) atoms. The van der Waals surface area contributed by atoms with E-state index in [1.54, 1.807) is 0 Å². The van der Waals surface area contributed by atoms with E-state index in [4.69, 9.17) is 5.73 Å². The number of amides is 3. The van der Waals surface area contributed by atoms with Crippen LogP contribution in [0.1, 0.15) is 12.8 Å². The fourth-order valence-corrected chi connectivity index (χ4v) is 1.37. The number of nitrogens with two attached hydrogens (primary N) is 1. The SMILES string of the molecule is CN1CC(=O)N(CCCN)C(=O)CC1=O. The van der Waals surface area contributed by atoms with Gasteiger partial charge in [0.05, 0.1) is 6.54 Å². The Bertz CT molecular complexity index is 290. The van der Waals surface area contributed by atoms with Gasteiger partial charge in [-0.25, -0.2) is 0 Å². The molecule has 84 valence electrons. The van der Waals surface area contributed by atoms with Crippen molar-refractivity contribution in [2.75, 3.05) is 26.7 Å². The van der Waals surface area contributed by atoms with Crippen LogP contribution in [-0.4, -0.2) is 54.2 Å². The molecule has 3 amide bonds. The maximum atomic E-state index is 11.6. The van der Waals surface area contributed by atoms with E-state index in [2.05, 4.69) is 0 Å². The van der Waals surface area contributed by atoms with E-state index in [-0.39, 0.29) is 24.8 Å². The van der Waals surface area contributed by atoms with Gasteiger partial charge in [0, 0.05) is 13.6 Å². The van der Waals surface area contributed by atoms with E-state index >= 15 is 0 Å². The smallest absolute Gasteiger partial charge is 0.248 e.